The normalized spacial score (nSPS) is 14.7. The van der Waals surface area contributed by atoms with E-state index in [0.29, 0.717) is 11.5 Å². The molecule has 5 nitrogen and oxygen atoms in total. The zero-order valence-electron chi connectivity index (χ0n) is 7.90. The Kier molecular flexibility index (Phi) is 2.71. The molecule has 0 bridgehead atoms. The number of hydrogen-bond donors (Lipinski definition) is 3. The van der Waals surface area contributed by atoms with Gasteiger partial charge in [-0.2, -0.15) is 0 Å². The number of anilines is 1. The van der Waals surface area contributed by atoms with Crippen LogP contribution in [-0.2, 0) is 10.3 Å². The minimum atomic E-state index is -0.985. The number of aliphatic carboxylic acids is 1. The van der Waals surface area contributed by atoms with Gasteiger partial charge in [-0.05, 0) is 19.1 Å². The summed E-state index contributed by atoms with van der Waals surface area (Å²) in [5.41, 5.74) is 10.8. The second-order valence-corrected chi connectivity index (χ2v) is 3.44. The van der Waals surface area contributed by atoms with Crippen molar-refractivity contribution in [3.05, 3.63) is 23.9 Å². The van der Waals surface area contributed by atoms with E-state index in [1.165, 1.54) is 0 Å². The third-order valence-electron chi connectivity index (χ3n) is 1.87. The smallest absolute Gasteiger partial charge is 0.305 e. The molecule has 1 unspecified atom stereocenters. The van der Waals surface area contributed by atoms with Crippen LogP contribution in [0.1, 0.15) is 19.0 Å². The highest BCUT2D eigenvalue weighted by Crippen LogP contribution is 2.20. The van der Waals surface area contributed by atoms with Gasteiger partial charge in [0.2, 0.25) is 0 Å². The quantitative estimate of drug-likeness (QED) is 0.644. The number of nitrogen functional groups attached to an aromatic ring is 1. The summed E-state index contributed by atoms with van der Waals surface area (Å²) in [7, 11) is 0. The van der Waals surface area contributed by atoms with Crippen molar-refractivity contribution in [3.63, 3.8) is 0 Å². The monoisotopic (exact) mass is 195 g/mol. The summed E-state index contributed by atoms with van der Waals surface area (Å²) in [4.78, 5) is 14.5. The predicted molar refractivity (Wildman–Crippen MR) is 52.4 cm³/mol. The van der Waals surface area contributed by atoms with Crippen molar-refractivity contribution in [3.8, 4) is 0 Å². The number of rotatable bonds is 3. The Hall–Kier alpha value is -1.62. The molecular weight excluding hydrogens is 182 g/mol. The second-order valence-electron chi connectivity index (χ2n) is 3.44. The van der Waals surface area contributed by atoms with Gasteiger partial charge in [-0.15, -0.1) is 0 Å². The van der Waals surface area contributed by atoms with Crippen LogP contribution in [-0.4, -0.2) is 16.1 Å². The van der Waals surface area contributed by atoms with E-state index >= 15 is 0 Å². The van der Waals surface area contributed by atoms with Crippen LogP contribution in [0.4, 0.5) is 5.82 Å². The first-order valence-corrected chi connectivity index (χ1v) is 4.15. The molecule has 0 aromatic carbocycles. The van der Waals surface area contributed by atoms with Gasteiger partial charge in [-0.1, -0.05) is 6.07 Å². The first-order valence-electron chi connectivity index (χ1n) is 4.15. The summed E-state index contributed by atoms with van der Waals surface area (Å²) in [5, 5.41) is 8.64. The van der Waals surface area contributed by atoms with Gasteiger partial charge in [0.15, 0.2) is 0 Å². The lowest BCUT2D eigenvalue weighted by Crippen LogP contribution is -2.36. The van der Waals surface area contributed by atoms with Gasteiger partial charge in [0.25, 0.3) is 0 Å². The van der Waals surface area contributed by atoms with Crippen molar-refractivity contribution in [2.75, 3.05) is 5.73 Å². The van der Waals surface area contributed by atoms with E-state index in [2.05, 4.69) is 4.98 Å². The molecule has 76 valence electrons. The molecule has 0 saturated heterocycles. The lowest BCUT2D eigenvalue weighted by Gasteiger charge is -2.21. The Morgan fingerprint density at radius 1 is 1.64 bits per heavy atom. The fourth-order valence-corrected chi connectivity index (χ4v) is 1.17. The SMILES string of the molecule is CC(N)(CC(=O)O)c1cccc(N)n1. The van der Waals surface area contributed by atoms with Crippen LogP contribution < -0.4 is 11.5 Å². The highest BCUT2D eigenvalue weighted by atomic mass is 16.4. The third kappa shape index (κ3) is 2.43. The fraction of sp³-hybridized carbons (Fsp3) is 0.333. The van der Waals surface area contributed by atoms with Crippen molar-refractivity contribution < 1.29 is 9.90 Å². The molecule has 5 N–H and O–H groups in total. The molecule has 0 radical (unpaired) electrons. The standard InChI is InChI=1S/C9H13N3O2/c1-9(11,5-8(13)14)6-3-2-4-7(10)12-6/h2-4H,5,11H2,1H3,(H2,10,12)(H,13,14). The number of nitrogens with two attached hydrogens (primary N) is 2. The molecule has 0 saturated carbocycles. The third-order valence-corrected chi connectivity index (χ3v) is 1.87. The summed E-state index contributed by atoms with van der Waals surface area (Å²) in [6, 6.07) is 4.99. The zero-order chi connectivity index (χ0) is 10.8. The van der Waals surface area contributed by atoms with Crippen LogP contribution in [0.15, 0.2) is 18.2 Å². The Labute approximate surface area is 81.7 Å². The first-order chi connectivity index (χ1) is 6.42. The van der Waals surface area contributed by atoms with Crippen LogP contribution in [0.25, 0.3) is 0 Å². The van der Waals surface area contributed by atoms with Gasteiger partial charge in [0.05, 0.1) is 17.7 Å². The Morgan fingerprint density at radius 3 is 2.79 bits per heavy atom. The molecule has 1 atom stereocenters. The predicted octanol–water partition coefficient (Wildman–Crippen LogP) is 0.312. The number of aromatic nitrogens is 1. The molecule has 5 heteroatoms. The van der Waals surface area contributed by atoms with E-state index in [-0.39, 0.29) is 6.42 Å². The summed E-state index contributed by atoms with van der Waals surface area (Å²) in [5.74, 6) is -0.621. The molecular formula is C9H13N3O2. The molecule has 1 aromatic heterocycles. The van der Waals surface area contributed by atoms with E-state index in [1.807, 2.05) is 0 Å². The lowest BCUT2D eigenvalue weighted by atomic mass is 9.94. The average molecular weight is 195 g/mol. The van der Waals surface area contributed by atoms with Crippen LogP contribution in [0.5, 0.6) is 0 Å². The molecule has 0 amide bonds. The van der Waals surface area contributed by atoms with Crippen LogP contribution in [0.3, 0.4) is 0 Å². The van der Waals surface area contributed by atoms with Crippen LogP contribution in [0.2, 0.25) is 0 Å². The van der Waals surface area contributed by atoms with E-state index in [9.17, 15) is 4.79 Å². The molecule has 14 heavy (non-hydrogen) atoms. The molecule has 0 fully saturated rings. The summed E-state index contributed by atoms with van der Waals surface area (Å²) in [6.07, 6.45) is -0.177. The summed E-state index contributed by atoms with van der Waals surface area (Å²) >= 11 is 0. The first kappa shape index (κ1) is 10.5. The van der Waals surface area contributed by atoms with Crippen molar-refractivity contribution in [2.45, 2.75) is 18.9 Å². The topological polar surface area (TPSA) is 102 Å². The molecule has 1 heterocycles. The minimum absolute atomic E-state index is 0.177. The average Bonchev–Trinajstić information content (AvgIpc) is 2.01. The van der Waals surface area contributed by atoms with Crippen molar-refractivity contribution in [1.82, 2.24) is 4.98 Å². The largest absolute Gasteiger partial charge is 0.481 e. The number of pyridine rings is 1. The maximum absolute atomic E-state index is 10.5. The maximum atomic E-state index is 10.5. The van der Waals surface area contributed by atoms with Gasteiger partial charge in [-0.25, -0.2) is 4.98 Å². The number of carbonyl (C=O) groups is 1. The second kappa shape index (κ2) is 3.63. The molecule has 1 aromatic rings. The van der Waals surface area contributed by atoms with Crippen LogP contribution >= 0.6 is 0 Å². The Morgan fingerprint density at radius 2 is 2.29 bits per heavy atom. The van der Waals surface area contributed by atoms with Gasteiger partial charge in [-0.3, -0.25) is 4.79 Å². The van der Waals surface area contributed by atoms with E-state index in [4.69, 9.17) is 16.6 Å². The van der Waals surface area contributed by atoms with Gasteiger partial charge < -0.3 is 16.6 Å². The molecule has 1 rings (SSSR count). The van der Waals surface area contributed by atoms with Gasteiger partial charge >= 0.3 is 5.97 Å². The van der Waals surface area contributed by atoms with Gasteiger partial charge in [0, 0.05) is 0 Å². The van der Waals surface area contributed by atoms with Crippen molar-refractivity contribution >= 4 is 11.8 Å². The fourth-order valence-electron chi connectivity index (χ4n) is 1.17. The summed E-state index contributed by atoms with van der Waals surface area (Å²) in [6.45, 7) is 1.61. The van der Waals surface area contributed by atoms with Crippen molar-refractivity contribution in [2.24, 2.45) is 5.73 Å². The van der Waals surface area contributed by atoms with E-state index in [0.717, 1.165) is 0 Å². The molecule has 0 aliphatic carbocycles. The van der Waals surface area contributed by atoms with Gasteiger partial charge in [0.1, 0.15) is 5.82 Å². The maximum Gasteiger partial charge on any atom is 0.305 e. The lowest BCUT2D eigenvalue weighted by molar-refractivity contribution is -0.138. The Bertz CT molecular complexity index is 350. The van der Waals surface area contributed by atoms with E-state index < -0.39 is 11.5 Å². The summed E-state index contributed by atoms with van der Waals surface area (Å²) < 4.78 is 0. The number of nitrogens with zero attached hydrogens (tertiary/aromatic N) is 1. The van der Waals surface area contributed by atoms with Crippen molar-refractivity contribution in [1.29, 1.82) is 0 Å². The Balaban J connectivity index is 2.97. The highest BCUT2D eigenvalue weighted by Gasteiger charge is 2.26. The van der Waals surface area contributed by atoms with Crippen LogP contribution in [0, 0.1) is 0 Å². The number of carboxylic acid groups (broad SMARTS) is 1. The molecule has 0 aliphatic heterocycles. The number of hydrogen-bond acceptors (Lipinski definition) is 4. The number of carboxylic acids is 1. The minimum Gasteiger partial charge on any atom is -0.481 e. The zero-order valence-corrected chi connectivity index (χ0v) is 7.90. The van der Waals surface area contributed by atoms with E-state index in [1.54, 1.807) is 25.1 Å². The highest BCUT2D eigenvalue weighted by molar-refractivity contribution is 5.68. The molecule has 0 spiro atoms. The molecule has 0 aliphatic rings.